The van der Waals surface area contributed by atoms with Gasteiger partial charge in [-0.25, -0.2) is 19.2 Å². The summed E-state index contributed by atoms with van der Waals surface area (Å²) in [5, 5.41) is 16.8. The number of para-hydroxylation sites is 1. The molecule has 0 fully saturated rings. The molecule has 0 aliphatic heterocycles. The average Bonchev–Trinajstić information content (AvgIpc) is 3.31. The second-order valence-corrected chi connectivity index (χ2v) is 5.58. The molecular formula is C15H9ClN8. The van der Waals surface area contributed by atoms with E-state index in [9.17, 15) is 0 Å². The van der Waals surface area contributed by atoms with E-state index in [1.54, 1.807) is 21.7 Å². The molecule has 4 heterocycles. The van der Waals surface area contributed by atoms with E-state index in [2.05, 4.69) is 30.4 Å². The highest BCUT2D eigenvalue weighted by atomic mass is 35.5. The fourth-order valence-electron chi connectivity index (χ4n) is 2.61. The van der Waals surface area contributed by atoms with Crippen LogP contribution in [0.25, 0.3) is 33.9 Å². The number of H-pyrrole nitrogens is 1. The fourth-order valence-corrected chi connectivity index (χ4v) is 2.79. The summed E-state index contributed by atoms with van der Waals surface area (Å²) >= 11 is 6.09. The van der Waals surface area contributed by atoms with Crippen LogP contribution in [0.3, 0.4) is 0 Å². The summed E-state index contributed by atoms with van der Waals surface area (Å²) in [5.74, 6) is 0.458. The number of rotatable bonds is 2. The van der Waals surface area contributed by atoms with Gasteiger partial charge in [0.2, 0.25) is 5.82 Å². The van der Waals surface area contributed by atoms with Gasteiger partial charge in [0.05, 0.1) is 28.5 Å². The van der Waals surface area contributed by atoms with E-state index in [0.29, 0.717) is 27.8 Å². The fraction of sp³-hybridized carbons (Fsp3) is 0. The molecule has 8 nitrogen and oxygen atoms in total. The van der Waals surface area contributed by atoms with Crippen LogP contribution in [0.15, 0.2) is 49.1 Å². The van der Waals surface area contributed by atoms with E-state index in [0.717, 1.165) is 11.1 Å². The minimum absolute atomic E-state index is 0.458. The van der Waals surface area contributed by atoms with Crippen LogP contribution in [0, 0.1) is 0 Å². The number of aromatic nitrogens is 8. The zero-order chi connectivity index (χ0) is 16.1. The maximum atomic E-state index is 6.09. The number of benzene rings is 1. The van der Waals surface area contributed by atoms with E-state index in [1.807, 2.05) is 30.3 Å². The molecule has 24 heavy (non-hydrogen) atoms. The normalized spacial score (nSPS) is 11.5. The van der Waals surface area contributed by atoms with Crippen molar-refractivity contribution in [2.45, 2.75) is 0 Å². The molecule has 5 aromatic rings. The standard InChI is InChI=1S/C15H9ClN8/c16-11-7-18-21-12(11)13-20-15-10-6-19-24(9-4-2-1-3-5-9)14(10)17-8-23(15)22-13/h1-8H,(H,18,21). The summed E-state index contributed by atoms with van der Waals surface area (Å²) in [6.45, 7) is 0. The van der Waals surface area contributed by atoms with Gasteiger partial charge in [-0.15, -0.1) is 5.10 Å². The third kappa shape index (κ3) is 1.83. The summed E-state index contributed by atoms with van der Waals surface area (Å²) in [5.41, 5.74) is 2.87. The highest BCUT2D eigenvalue weighted by Crippen LogP contribution is 2.25. The lowest BCUT2D eigenvalue weighted by Gasteiger charge is -2.01. The molecule has 0 amide bonds. The van der Waals surface area contributed by atoms with E-state index < -0.39 is 0 Å². The van der Waals surface area contributed by atoms with E-state index in [-0.39, 0.29) is 0 Å². The van der Waals surface area contributed by atoms with Crippen LogP contribution in [0.4, 0.5) is 0 Å². The number of aromatic amines is 1. The minimum Gasteiger partial charge on any atom is -0.273 e. The monoisotopic (exact) mass is 336 g/mol. The topological polar surface area (TPSA) is 89.6 Å². The van der Waals surface area contributed by atoms with Crippen molar-refractivity contribution in [1.82, 2.24) is 39.6 Å². The quantitative estimate of drug-likeness (QED) is 0.535. The van der Waals surface area contributed by atoms with Gasteiger partial charge >= 0.3 is 0 Å². The Labute approximate surface area is 139 Å². The molecular weight excluding hydrogens is 328 g/mol. The van der Waals surface area contributed by atoms with E-state index >= 15 is 0 Å². The highest BCUT2D eigenvalue weighted by molar-refractivity contribution is 6.32. The largest absolute Gasteiger partial charge is 0.273 e. The second kappa shape index (κ2) is 4.87. The molecule has 0 bridgehead atoms. The van der Waals surface area contributed by atoms with Crippen LogP contribution in [0.5, 0.6) is 0 Å². The third-order valence-corrected chi connectivity index (χ3v) is 4.01. The van der Waals surface area contributed by atoms with Crippen molar-refractivity contribution >= 4 is 28.3 Å². The molecule has 0 unspecified atom stereocenters. The molecule has 1 N–H and O–H groups in total. The molecule has 0 saturated heterocycles. The molecule has 4 aromatic heterocycles. The van der Waals surface area contributed by atoms with Crippen LogP contribution in [0.2, 0.25) is 5.02 Å². The summed E-state index contributed by atoms with van der Waals surface area (Å²) in [4.78, 5) is 9.02. The summed E-state index contributed by atoms with van der Waals surface area (Å²) in [6.07, 6.45) is 4.86. The lowest BCUT2D eigenvalue weighted by Crippen LogP contribution is -1.98. The summed E-state index contributed by atoms with van der Waals surface area (Å²) in [7, 11) is 0. The van der Waals surface area contributed by atoms with Crippen molar-refractivity contribution in [3.05, 3.63) is 54.1 Å². The third-order valence-electron chi connectivity index (χ3n) is 3.72. The SMILES string of the molecule is Clc1cn[nH]c1-c1nc2c3cnn(-c4ccccc4)c3ncn2n1. The summed E-state index contributed by atoms with van der Waals surface area (Å²) < 4.78 is 3.37. The van der Waals surface area contributed by atoms with Gasteiger partial charge in [0, 0.05) is 0 Å². The van der Waals surface area contributed by atoms with Crippen LogP contribution < -0.4 is 0 Å². The molecule has 0 saturated carbocycles. The number of hydrogen-bond acceptors (Lipinski definition) is 5. The number of nitrogens with one attached hydrogen (secondary N) is 1. The molecule has 5 rings (SSSR count). The van der Waals surface area contributed by atoms with Crippen molar-refractivity contribution in [2.75, 3.05) is 0 Å². The average molecular weight is 337 g/mol. The Morgan fingerprint density at radius 3 is 2.71 bits per heavy atom. The maximum absolute atomic E-state index is 6.09. The summed E-state index contributed by atoms with van der Waals surface area (Å²) in [6, 6.07) is 9.81. The molecule has 116 valence electrons. The highest BCUT2D eigenvalue weighted by Gasteiger charge is 2.16. The zero-order valence-electron chi connectivity index (χ0n) is 12.1. The molecule has 0 spiro atoms. The van der Waals surface area contributed by atoms with E-state index in [4.69, 9.17) is 11.6 Å². The molecule has 0 aliphatic rings. The molecule has 9 heteroatoms. The Hall–Kier alpha value is -3.26. The number of halogens is 1. The number of nitrogens with zero attached hydrogens (tertiary/aromatic N) is 7. The molecule has 0 aliphatic carbocycles. The van der Waals surface area contributed by atoms with Gasteiger partial charge in [-0.1, -0.05) is 29.8 Å². The Bertz CT molecular complexity index is 1170. The second-order valence-electron chi connectivity index (χ2n) is 5.17. The Morgan fingerprint density at radius 1 is 1.04 bits per heavy atom. The van der Waals surface area contributed by atoms with E-state index in [1.165, 1.54) is 6.20 Å². The van der Waals surface area contributed by atoms with Crippen molar-refractivity contribution in [3.63, 3.8) is 0 Å². The minimum atomic E-state index is 0.458. The van der Waals surface area contributed by atoms with Gasteiger partial charge < -0.3 is 0 Å². The lowest BCUT2D eigenvalue weighted by atomic mass is 10.3. The van der Waals surface area contributed by atoms with Gasteiger partial charge in [-0.3, -0.25) is 5.10 Å². The molecule has 1 aromatic carbocycles. The van der Waals surface area contributed by atoms with Gasteiger partial charge in [0.15, 0.2) is 11.3 Å². The molecule has 0 radical (unpaired) electrons. The van der Waals surface area contributed by atoms with Gasteiger partial charge in [-0.2, -0.15) is 10.2 Å². The lowest BCUT2D eigenvalue weighted by molar-refractivity contribution is 0.882. The van der Waals surface area contributed by atoms with Crippen molar-refractivity contribution in [3.8, 4) is 17.2 Å². The predicted octanol–water partition coefficient (Wildman–Crippen LogP) is 2.51. The first kappa shape index (κ1) is 13.2. The zero-order valence-corrected chi connectivity index (χ0v) is 12.9. The number of hydrogen-bond donors (Lipinski definition) is 1. The van der Waals surface area contributed by atoms with Gasteiger partial charge in [-0.05, 0) is 12.1 Å². The van der Waals surface area contributed by atoms with Crippen LogP contribution in [-0.2, 0) is 0 Å². The Balaban J connectivity index is 1.75. The first-order valence-corrected chi connectivity index (χ1v) is 7.53. The predicted molar refractivity (Wildman–Crippen MR) is 88.0 cm³/mol. The first-order valence-electron chi connectivity index (χ1n) is 7.15. The smallest absolute Gasteiger partial charge is 0.201 e. The van der Waals surface area contributed by atoms with Gasteiger partial charge in [0.1, 0.15) is 12.0 Å². The Morgan fingerprint density at radius 2 is 1.92 bits per heavy atom. The van der Waals surface area contributed by atoms with Crippen LogP contribution in [-0.4, -0.2) is 39.6 Å². The first-order chi connectivity index (χ1) is 11.8. The van der Waals surface area contributed by atoms with Crippen LogP contribution >= 0.6 is 11.6 Å². The maximum Gasteiger partial charge on any atom is 0.201 e. The van der Waals surface area contributed by atoms with Gasteiger partial charge in [0.25, 0.3) is 0 Å². The number of fused-ring (bicyclic) bond motifs is 3. The van der Waals surface area contributed by atoms with Crippen molar-refractivity contribution < 1.29 is 0 Å². The Kier molecular flexibility index (Phi) is 2.68. The van der Waals surface area contributed by atoms with Crippen LogP contribution in [0.1, 0.15) is 0 Å². The van der Waals surface area contributed by atoms with Crippen molar-refractivity contribution in [1.29, 1.82) is 0 Å². The van der Waals surface area contributed by atoms with Crippen molar-refractivity contribution in [2.24, 2.45) is 0 Å². The molecule has 0 atom stereocenters.